The third-order valence-corrected chi connectivity index (χ3v) is 3.73. The second-order valence-corrected chi connectivity index (χ2v) is 5.47. The molecule has 0 amide bonds. The highest BCUT2D eigenvalue weighted by Crippen LogP contribution is 2.16. The van der Waals surface area contributed by atoms with Crippen LogP contribution in [0.5, 0.6) is 0 Å². The van der Waals surface area contributed by atoms with E-state index in [1.54, 1.807) is 24.5 Å². The first-order valence-electron chi connectivity index (χ1n) is 4.82. The number of rotatable bonds is 3. The lowest BCUT2D eigenvalue weighted by Gasteiger charge is -2.05. The van der Waals surface area contributed by atoms with Crippen molar-refractivity contribution in [3.8, 4) is 0 Å². The number of nitrogens with one attached hydrogen (secondary N) is 2. The van der Waals surface area contributed by atoms with Gasteiger partial charge in [0.1, 0.15) is 5.69 Å². The molecule has 0 unspecified atom stereocenters. The molecular weight excluding hydrogens is 260 g/mol. The van der Waals surface area contributed by atoms with E-state index in [1.807, 2.05) is 0 Å². The van der Waals surface area contributed by atoms with Crippen LogP contribution in [0.2, 0.25) is 5.02 Å². The van der Waals surface area contributed by atoms with Crippen LogP contribution < -0.4 is 9.71 Å². The Morgan fingerprint density at radius 1 is 1.12 bits per heavy atom. The summed E-state index contributed by atoms with van der Waals surface area (Å²) in [5, 5.41) is 0.497. The fourth-order valence-electron chi connectivity index (χ4n) is 1.28. The van der Waals surface area contributed by atoms with Gasteiger partial charge in [-0.3, -0.25) is 4.72 Å². The minimum absolute atomic E-state index is 0.172. The number of sulfonamides is 1. The molecule has 2 aromatic rings. The van der Waals surface area contributed by atoms with Gasteiger partial charge in [0, 0.05) is 11.1 Å². The van der Waals surface area contributed by atoms with Crippen LogP contribution in [0.15, 0.2) is 53.7 Å². The summed E-state index contributed by atoms with van der Waals surface area (Å²) in [6.07, 6.45) is 3.26. The van der Waals surface area contributed by atoms with Crippen LogP contribution in [-0.2, 0) is 10.0 Å². The third-order valence-electron chi connectivity index (χ3n) is 2.08. The highest BCUT2D eigenvalue weighted by Gasteiger charge is 2.14. The van der Waals surface area contributed by atoms with Crippen molar-refractivity contribution in [2.75, 3.05) is 4.72 Å². The van der Waals surface area contributed by atoms with Crippen molar-refractivity contribution in [3.63, 3.8) is 0 Å². The number of hydrogen-bond donors (Lipinski definition) is 1. The van der Waals surface area contributed by atoms with Crippen molar-refractivity contribution >= 4 is 27.3 Å². The van der Waals surface area contributed by atoms with Gasteiger partial charge >= 0.3 is 0 Å². The lowest BCUT2D eigenvalue weighted by atomic mass is 10.4. The lowest BCUT2D eigenvalue weighted by molar-refractivity contribution is -0.376. The predicted octanol–water partition coefficient (Wildman–Crippen LogP) is 1.95. The van der Waals surface area contributed by atoms with Crippen LogP contribution in [0.3, 0.4) is 0 Å². The summed E-state index contributed by atoms with van der Waals surface area (Å²) in [5.41, 5.74) is 0.474. The van der Waals surface area contributed by atoms with Gasteiger partial charge < -0.3 is 0 Å². The molecule has 1 aromatic heterocycles. The van der Waals surface area contributed by atoms with Crippen molar-refractivity contribution < 1.29 is 13.4 Å². The second kappa shape index (κ2) is 4.73. The van der Waals surface area contributed by atoms with Crippen LogP contribution in [-0.4, -0.2) is 8.42 Å². The molecule has 0 saturated carbocycles. The Morgan fingerprint density at radius 3 is 2.41 bits per heavy atom. The number of pyridine rings is 1. The standard InChI is InChI=1S/C11H9ClN2O2S/c12-9-3-5-11(6-4-9)17(15,16)14-10-2-1-7-13-8-10/h1-8,14H/p+1. The van der Waals surface area contributed by atoms with E-state index in [0.29, 0.717) is 10.7 Å². The molecule has 0 aliphatic carbocycles. The molecule has 1 heterocycles. The smallest absolute Gasteiger partial charge is 0.262 e. The zero-order chi connectivity index (χ0) is 12.3. The van der Waals surface area contributed by atoms with E-state index in [2.05, 4.69) is 9.71 Å². The van der Waals surface area contributed by atoms with Gasteiger partial charge in [-0.2, -0.15) is 0 Å². The molecule has 4 nitrogen and oxygen atoms in total. The maximum absolute atomic E-state index is 11.9. The molecule has 0 fully saturated rings. The Kier molecular flexibility index (Phi) is 3.31. The molecule has 6 heteroatoms. The molecule has 1 aromatic carbocycles. The molecule has 2 rings (SSSR count). The summed E-state index contributed by atoms with van der Waals surface area (Å²) in [7, 11) is -3.56. The summed E-state index contributed by atoms with van der Waals surface area (Å²) < 4.78 is 26.3. The Bertz CT molecular complexity index is 597. The molecule has 0 bridgehead atoms. The van der Waals surface area contributed by atoms with Gasteiger partial charge in [-0.1, -0.05) is 11.6 Å². The summed E-state index contributed by atoms with van der Waals surface area (Å²) >= 11 is 5.70. The van der Waals surface area contributed by atoms with E-state index in [1.165, 1.54) is 24.3 Å². The zero-order valence-corrected chi connectivity index (χ0v) is 10.3. The van der Waals surface area contributed by atoms with E-state index in [9.17, 15) is 8.42 Å². The normalized spacial score (nSPS) is 11.1. The average molecular weight is 270 g/mol. The summed E-state index contributed by atoms with van der Waals surface area (Å²) in [5.74, 6) is 0. The molecule has 0 aliphatic rings. The van der Waals surface area contributed by atoms with E-state index in [-0.39, 0.29) is 4.90 Å². The number of halogens is 1. The maximum atomic E-state index is 11.9. The molecule has 0 aliphatic heterocycles. The molecule has 17 heavy (non-hydrogen) atoms. The predicted molar refractivity (Wildman–Crippen MR) is 65.3 cm³/mol. The van der Waals surface area contributed by atoms with Gasteiger partial charge in [0.2, 0.25) is 0 Å². The van der Waals surface area contributed by atoms with Crippen LogP contribution in [0.4, 0.5) is 5.69 Å². The highest BCUT2D eigenvalue weighted by atomic mass is 35.5. The van der Waals surface area contributed by atoms with Crippen LogP contribution in [0, 0.1) is 0 Å². The quantitative estimate of drug-likeness (QED) is 0.926. The van der Waals surface area contributed by atoms with Crippen molar-refractivity contribution in [2.24, 2.45) is 0 Å². The number of anilines is 1. The first-order valence-corrected chi connectivity index (χ1v) is 6.68. The van der Waals surface area contributed by atoms with Crippen molar-refractivity contribution in [1.82, 2.24) is 0 Å². The highest BCUT2D eigenvalue weighted by molar-refractivity contribution is 7.92. The summed E-state index contributed by atoms with van der Waals surface area (Å²) in [4.78, 5) is 2.97. The number of hydrogen-bond acceptors (Lipinski definition) is 2. The topological polar surface area (TPSA) is 60.3 Å². The van der Waals surface area contributed by atoms with Crippen molar-refractivity contribution in [1.29, 1.82) is 0 Å². The Morgan fingerprint density at radius 2 is 1.82 bits per heavy atom. The number of aromatic amines is 1. The minimum atomic E-state index is -3.56. The zero-order valence-electron chi connectivity index (χ0n) is 8.72. The van der Waals surface area contributed by atoms with Crippen molar-refractivity contribution in [3.05, 3.63) is 53.8 Å². The van der Waals surface area contributed by atoms with Gasteiger partial charge in [0.25, 0.3) is 10.0 Å². The second-order valence-electron chi connectivity index (χ2n) is 3.35. The van der Waals surface area contributed by atoms with E-state index in [4.69, 9.17) is 11.6 Å². The molecule has 2 N–H and O–H groups in total. The van der Waals surface area contributed by atoms with Gasteiger partial charge in [0.15, 0.2) is 12.4 Å². The number of benzene rings is 1. The first-order chi connectivity index (χ1) is 8.08. The number of aromatic nitrogens is 1. The number of H-pyrrole nitrogens is 1. The van der Waals surface area contributed by atoms with Crippen LogP contribution >= 0.6 is 11.6 Å². The lowest BCUT2D eigenvalue weighted by Crippen LogP contribution is -2.14. The third kappa shape index (κ3) is 2.95. The van der Waals surface area contributed by atoms with E-state index < -0.39 is 10.0 Å². The van der Waals surface area contributed by atoms with Gasteiger partial charge in [0.05, 0.1) is 4.90 Å². The molecule has 88 valence electrons. The minimum Gasteiger partial charge on any atom is -0.274 e. The van der Waals surface area contributed by atoms with Gasteiger partial charge in [-0.05, 0) is 30.3 Å². The summed E-state index contributed by atoms with van der Waals surface area (Å²) in [6.45, 7) is 0. The van der Waals surface area contributed by atoms with E-state index in [0.717, 1.165) is 0 Å². The molecule has 0 atom stereocenters. The molecule has 0 saturated heterocycles. The Labute approximate surface area is 104 Å². The molecule has 0 spiro atoms. The molecule has 0 radical (unpaired) electrons. The monoisotopic (exact) mass is 269 g/mol. The fraction of sp³-hybridized carbons (Fsp3) is 0. The first kappa shape index (κ1) is 11.9. The maximum Gasteiger partial charge on any atom is 0.262 e. The Hall–Kier alpha value is -1.59. The average Bonchev–Trinajstić information content (AvgIpc) is 2.30. The van der Waals surface area contributed by atoms with Crippen LogP contribution in [0.25, 0.3) is 0 Å². The van der Waals surface area contributed by atoms with Crippen LogP contribution in [0.1, 0.15) is 0 Å². The summed E-state index contributed by atoms with van der Waals surface area (Å²) in [6, 6.07) is 9.35. The van der Waals surface area contributed by atoms with E-state index >= 15 is 0 Å². The van der Waals surface area contributed by atoms with Gasteiger partial charge in [-0.15, -0.1) is 0 Å². The Balaban J connectivity index is 2.29. The van der Waals surface area contributed by atoms with Gasteiger partial charge in [-0.25, -0.2) is 13.4 Å². The van der Waals surface area contributed by atoms with Crippen molar-refractivity contribution in [2.45, 2.75) is 4.90 Å². The SMILES string of the molecule is O=S(=O)(Nc1ccc[nH+]c1)c1ccc(Cl)cc1. The largest absolute Gasteiger partial charge is 0.274 e. The fourth-order valence-corrected chi connectivity index (χ4v) is 2.46. The molecular formula is C11H10ClN2O2S+.